The molecule has 0 aliphatic carbocycles. The predicted octanol–water partition coefficient (Wildman–Crippen LogP) is 1.51. The lowest BCUT2D eigenvalue weighted by molar-refractivity contribution is -0.122. The molecule has 0 fully saturated rings. The van der Waals surface area contributed by atoms with Crippen LogP contribution >= 0.6 is 0 Å². The summed E-state index contributed by atoms with van der Waals surface area (Å²) >= 11 is 0. The fraction of sp³-hybridized carbons (Fsp3) is 0.167. The topological polar surface area (TPSA) is 104 Å². The minimum Gasteiger partial charge on any atom is -0.497 e. The monoisotopic (exact) mass is 366 g/mol. The minimum atomic E-state index is -0.384. The van der Waals surface area contributed by atoms with Crippen LogP contribution in [0.25, 0.3) is 11.4 Å². The van der Waals surface area contributed by atoms with Gasteiger partial charge in [-0.15, -0.1) is 10.2 Å². The highest BCUT2D eigenvalue weighted by Gasteiger charge is 2.09. The van der Waals surface area contributed by atoms with E-state index in [-0.39, 0.29) is 12.5 Å². The lowest BCUT2D eigenvalue weighted by Crippen LogP contribution is -2.24. The van der Waals surface area contributed by atoms with Gasteiger partial charge in [0.15, 0.2) is 0 Å². The van der Waals surface area contributed by atoms with E-state index in [1.165, 1.54) is 11.0 Å². The first-order valence-corrected chi connectivity index (χ1v) is 8.07. The van der Waals surface area contributed by atoms with Gasteiger partial charge in [-0.25, -0.2) is 5.43 Å². The zero-order valence-corrected chi connectivity index (χ0v) is 14.9. The van der Waals surface area contributed by atoms with Gasteiger partial charge in [0.2, 0.25) is 5.82 Å². The number of amides is 1. The zero-order chi connectivity index (χ0) is 19.1. The number of ether oxygens (including phenoxy) is 2. The number of rotatable bonds is 7. The summed E-state index contributed by atoms with van der Waals surface area (Å²) < 4.78 is 10.4. The molecule has 138 valence electrons. The highest BCUT2D eigenvalue weighted by atomic mass is 16.5. The molecule has 1 heterocycles. The molecule has 0 spiro atoms. The Morgan fingerprint density at radius 2 is 2.00 bits per heavy atom. The first-order chi connectivity index (χ1) is 13.2. The van der Waals surface area contributed by atoms with Crippen LogP contribution in [0.5, 0.6) is 11.5 Å². The second kappa shape index (κ2) is 8.56. The molecule has 0 aliphatic rings. The molecule has 9 nitrogen and oxygen atoms in total. The molecule has 0 aliphatic heterocycles. The summed E-state index contributed by atoms with van der Waals surface area (Å²) in [5.41, 5.74) is 3.92. The number of benzene rings is 2. The Labute approximate surface area is 155 Å². The van der Waals surface area contributed by atoms with E-state index in [0.29, 0.717) is 22.9 Å². The maximum atomic E-state index is 12.0. The maximum absolute atomic E-state index is 12.0. The SMILES string of the molecule is COc1ccc(OC)c(C=NNC(=O)Cn2nnc(-c3ccccc3)n2)c1. The first-order valence-electron chi connectivity index (χ1n) is 8.07. The Hall–Kier alpha value is -3.75. The van der Waals surface area contributed by atoms with Crippen LogP contribution in [0.1, 0.15) is 5.56 Å². The van der Waals surface area contributed by atoms with Crippen LogP contribution in [0.2, 0.25) is 0 Å². The molecule has 1 aromatic heterocycles. The molecule has 0 atom stereocenters. The minimum absolute atomic E-state index is 0.105. The summed E-state index contributed by atoms with van der Waals surface area (Å²) in [7, 11) is 3.12. The average Bonchev–Trinajstić information content (AvgIpc) is 3.17. The van der Waals surface area contributed by atoms with Gasteiger partial charge in [-0.05, 0) is 23.4 Å². The van der Waals surface area contributed by atoms with Crippen LogP contribution in [0.4, 0.5) is 0 Å². The Morgan fingerprint density at radius 1 is 1.19 bits per heavy atom. The number of carbonyl (C=O) groups excluding carboxylic acids is 1. The van der Waals surface area contributed by atoms with Crippen LogP contribution in [-0.2, 0) is 11.3 Å². The van der Waals surface area contributed by atoms with E-state index in [1.54, 1.807) is 32.4 Å². The van der Waals surface area contributed by atoms with E-state index < -0.39 is 0 Å². The van der Waals surface area contributed by atoms with Gasteiger partial charge in [-0.2, -0.15) is 9.90 Å². The van der Waals surface area contributed by atoms with Gasteiger partial charge in [0.25, 0.3) is 5.91 Å². The standard InChI is InChI=1S/C18H18N6O3/c1-26-15-8-9-16(27-2)14(10-15)11-19-20-17(25)12-24-22-18(21-23-24)13-6-4-3-5-7-13/h3-11H,12H2,1-2H3,(H,20,25). The molecule has 0 saturated heterocycles. The van der Waals surface area contributed by atoms with Crippen molar-refractivity contribution in [1.82, 2.24) is 25.6 Å². The smallest absolute Gasteiger partial charge is 0.263 e. The molecule has 0 saturated carbocycles. The quantitative estimate of drug-likeness (QED) is 0.502. The molecular weight excluding hydrogens is 348 g/mol. The number of aromatic nitrogens is 4. The number of hydrazone groups is 1. The van der Waals surface area contributed by atoms with Crippen LogP contribution in [0.15, 0.2) is 53.6 Å². The Morgan fingerprint density at radius 3 is 2.74 bits per heavy atom. The first kappa shape index (κ1) is 18.1. The highest BCUT2D eigenvalue weighted by molar-refractivity contribution is 5.85. The molecule has 0 radical (unpaired) electrons. The molecule has 3 rings (SSSR count). The molecular formula is C18H18N6O3. The summed E-state index contributed by atoms with van der Waals surface area (Å²) in [5, 5.41) is 15.9. The van der Waals surface area contributed by atoms with Gasteiger partial charge in [0, 0.05) is 11.1 Å². The third-order valence-corrected chi connectivity index (χ3v) is 3.60. The van der Waals surface area contributed by atoms with E-state index in [2.05, 4.69) is 25.9 Å². The lowest BCUT2D eigenvalue weighted by Gasteiger charge is -2.06. The maximum Gasteiger partial charge on any atom is 0.263 e. The van der Waals surface area contributed by atoms with Crippen molar-refractivity contribution >= 4 is 12.1 Å². The van der Waals surface area contributed by atoms with Crippen molar-refractivity contribution in [1.29, 1.82) is 0 Å². The van der Waals surface area contributed by atoms with Crippen molar-refractivity contribution in [3.05, 3.63) is 54.1 Å². The molecule has 3 aromatic rings. The fourth-order valence-electron chi connectivity index (χ4n) is 2.29. The number of hydrogen-bond acceptors (Lipinski definition) is 7. The van der Waals surface area contributed by atoms with Gasteiger partial charge < -0.3 is 9.47 Å². The number of methoxy groups -OCH3 is 2. The average molecular weight is 366 g/mol. The molecule has 27 heavy (non-hydrogen) atoms. The molecule has 1 N–H and O–H groups in total. The third-order valence-electron chi connectivity index (χ3n) is 3.60. The number of carbonyl (C=O) groups is 1. The van der Waals surface area contributed by atoms with E-state index in [1.807, 2.05) is 30.3 Å². The van der Waals surface area contributed by atoms with E-state index in [0.717, 1.165) is 5.56 Å². The van der Waals surface area contributed by atoms with Crippen molar-refractivity contribution in [3.8, 4) is 22.9 Å². The van der Waals surface area contributed by atoms with Crippen molar-refractivity contribution in [2.24, 2.45) is 5.10 Å². The van der Waals surface area contributed by atoms with Crippen molar-refractivity contribution in [3.63, 3.8) is 0 Å². The largest absolute Gasteiger partial charge is 0.497 e. The number of tetrazole rings is 1. The van der Waals surface area contributed by atoms with Crippen molar-refractivity contribution in [2.45, 2.75) is 6.54 Å². The van der Waals surface area contributed by atoms with E-state index in [9.17, 15) is 4.79 Å². The number of nitrogens with one attached hydrogen (secondary N) is 1. The lowest BCUT2D eigenvalue weighted by atomic mass is 10.2. The Balaban J connectivity index is 1.60. The summed E-state index contributed by atoms with van der Waals surface area (Å²) in [6.07, 6.45) is 1.48. The van der Waals surface area contributed by atoms with Crippen LogP contribution in [-0.4, -0.2) is 46.5 Å². The van der Waals surface area contributed by atoms with Gasteiger partial charge in [0.1, 0.15) is 18.0 Å². The van der Waals surface area contributed by atoms with Crippen molar-refractivity contribution in [2.75, 3.05) is 14.2 Å². The van der Waals surface area contributed by atoms with Crippen LogP contribution in [0.3, 0.4) is 0 Å². The van der Waals surface area contributed by atoms with Gasteiger partial charge in [-0.3, -0.25) is 4.79 Å². The summed E-state index contributed by atoms with van der Waals surface area (Å²) in [4.78, 5) is 13.2. The van der Waals surface area contributed by atoms with Gasteiger partial charge >= 0.3 is 0 Å². The number of nitrogens with zero attached hydrogens (tertiary/aromatic N) is 5. The zero-order valence-electron chi connectivity index (χ0n) is 14.9. The van der Waals surface area contributed by atoms with E-state index >= 15 is 0 Å². The molecule has 0 unspecified atom stereocenters. The second-order valence-electron chi connectivity index (χ2n) is 5.41. The normalized spacial score (nSPS) is 10.7. The third kappa shape index (κ3) is 4.66. The molecule has 1 amide bonds. The Bertz CT molecular complexity index is 939. The fourth-order valence-corrected chi connectivity index (χ4v) is 2.29. The Kier molecular flexibility index (Phi) is 5.73. The van der Waals surface area contributed by atoms with Gasteiger partial charge in [-0.1, -0.05) is 30.3 Å². The summed E-state index contributed by atoms with van der Waals surface area (Å²) in [6.45, 7) is -0.105. The van der Waals surface area contributed by atoms with Crippen LogP contribution in [0, 0.1) is 0 Å². The molecule has 2 aromatic carbocycles. The van der Waals surface area contributed by atoms with Gasteiger partial charge in [0.05, 0.1) is 20.4 Å². The summed E-state index contributed by atoms with van der Waals surface area (Å²) in [6, 6.07) is 14.7. The summed E-state index contributed by atoms with van der Waals surface area (Å²) in [5.74, 6) is 1.33. The highest BCUT2D eigenvalue weighted by Crippen LogP contribution is 2.22. The van der Waals surface area contributed by atoms with Crippen LogP contribution < -0.4 is 14.9 Å². The molecule has 9 heteroatoms. The van der Waals surface area contributed by atoms with E-state index in [4.69, 9.17) is 9.47 Å². The van der Waals surface area contributed by atoms with Crippen molar-refractivity contribution < 1.29 is 14.3 Å². The molecule has 0 bridgehead atoms. The second-order valence-corrected chi connectivity index (χ2v) is 5.41. The number of hydrogen-bond donors (Lipinski definition) is 1. The predicted molar refractivity (Wildman–Crippen MR) is 98.5 cm³/mol.